The molecule has 0 spiro atoms. The van der Waals surface area contributed by atoms with E-state index >= 15 is 0 Å². The van der Waals surface area contributed by atoms with Gasteiger partial charge in [-0.15, -0.1) is 0 Å². The minimum atomic E-state index is 0.785. The van der Waals surface area contributed by atoms with Gasteiger partial charge in [0.2, 0.25) is 0 Å². The van der Waals surface area contributed by atoms with E-state index in [1.807, 2.05) is 18.3 Å². The average Bonchev–Trinajstić information content (AvgIpc) is 2.75. The Morgan fingerprint density at radius 1 is 1.26 bits per heavy atom. The first-order valence-electron chi connectivity index (χ1n) is 6.33. The molecule has 3 aromatic rings. The molecule has 0 saturated heterocycles. The summed E-state index contributed by atoms with van der Waals surface area (Å²) in [4.78, 5) is 7.41. The summed E-state index contributed by atoms with van der Waals surface area (Å²) >= 11 is 5.42. The Labute approximate surface area is 116 Å². The smallest absolute Gasteiger partial charge is 0.178 e. The zero-order valence-corrected chi connectivity index (χ0v) is 11.6. The minimum Gasteiger partial charge on any atom is -0.331 e. The van der Waals surface area contributed by atoms with Crippen LogP contribution in [0.2, 0.25) is 0 Å². The molecule has 2 aromatic heterocycles. The number of pyridine rings is 1. The van der Waals surface area contributed by atoms with Gasteiger partial charge < -0.3 is 9.55 Å². The van der Waals surface area contributed by atoms with E-state index in [0.29, 0.717) is 0 Å². The number of hydrogen-bond donors (Lipinski definition) is 1. The summed E-state index contributed by atoms with van der Waals surface area (Å²) in [5.41, 5.74) is 4.79. The standard InChI is InChI=1S/C15H15N3S/c1-11-4-2-6-13-14(11)18(15(19)17-13)9-7-12-5-3-8-16-10-12/h2-6,8,10H,7,9H2,1H3,(H,17,19). The van der Waals surface area contributed by atoms with Gasteiger partial charge in [0.25, 0.3) is 0 Å². The summed E-state index contributed by atoms with van der Waals surface area (Å²) < 4.78 is 2.96. The predicted molar refractivity (Wildman–Crippen MR) is 79.8 cm³/mol. The van der Waals surface area contributed by atoms with Gasteiger partial charge in [0.1, 0.15) is 0 Å². The van der Waals surface area contributed by atoms with Crippen molar-refractivity contribution in [3.8, 4) is 0 Å². The maximum absolute atomic E-state index is 5.42. The fourth-order valence-corrected chi connectivity index (χ4v) is 2.70. The molecule has 1 N–H and O–H groups in total. The van der Waals surface area contributed by atoms with Crippen molar-refractivity contribution < 1.29 is 0 Å². The van der Waals surface area contributed by atoms with Gasteiger partial charge >= 0.3 is 0 Å². The van der Waals surface area contributed by atoms with Gasteiger partial charge in [0.05, 0.1) is 11.0 Å². The number of nitrogens with one attached hydrogen (secondary N) is 1. The number of aromatic amines is 1. The molecule has 0 unspecified atom stereocenters. The minimum absolute atomic E-state index is 0.785. The van der Waals surface area contributed by atoms with Crippen LogP contribution in [0, 0.1) is 11.7 Å². The highest BCUT2D eigenvalue weighted by atomic mass is 32.1. The molecule has 0 bridgehead atoms. The van der Waals surface area contributed by atoms with Crippen molar-refractivity contribution in [1.29, 1.82) is 0 Å². The maximum atomic E-state index is 5.42. The zero-order chi connectivity index (χ0) is 13.2. The molecule has 0 aliphatic carbocycles. The van der Waals surface area contributed by atoms with Crippen molar-refractivity contribution in [3.05, 3.63) is 58.6 Å². The first-order valence-corrected chi connectivity index (χ1v) is 6.73. The molecule has 0 fully saturated rings. The molecule has 0 amide bonds. The summed E-state index contributed by atoms with van der Waals surface area (Å²) in [6, 6.07) is 10.3. The fraction of sp³-hybridized carbons (Fsp3) is 0.200. The Balaban J connectivity index is 1.97. The van der Waals surface area contributed by atoms with Crippen LogP contribution in [-0.2, 0) is 13.0 Å². The molecule has 0 aliphatic heterocycles. The van der Waals surface area contributed by atoms with Crippen LogP contribution in [0.1, 0.15) is 11.1 Å². The molecule has 96 valence electrons. The van der Waals surface area contributed by atoms with E-state index in [4.69, 9.17) is 12.2 Å². The first-order chi connectivity index (χ1) is 9.25. The van der Waals surface area contributed by atoms with Crippen molar-refractivity contribution in [2.75, 3.05) is 0 Å². The van der Waals surface area contributed by atoms with Crippen molar-refractivity contribution in [1.82, 2.24) is 14.5 Å². The van der Waals surface area contributed by atoms with E-state index in [9.17, 15) is 0 Å². The van der Waals surface area contributed by atoms with Crippen molar-refractivity contribution in [2.45, 2.75) is 19.9 Å². The van der Waals surface area contributed by atoms with E-state index in [2.05, 4.69) is 39.7 Å². The number of nitrogens with zero attached hydrogens (tertiary/aromatic N) is 2. The normalized spacial score (nSPS) is 11.0. The van der Waals surface area contributed by atoms with Crippen molar-refractivity contribution in [3.63, 3.8) is 0 Å². The lowest BCUT2D eigenvalue weighted by molar-refractivity contribution is 0.703. The van der Waals surface area contributed by atoms with Gasteiger partial charge in [-0.2, -0.15) is 0 Å². The van der Waals surface area contributed by atoms with Gasteiger partial charge in [-0.1, -0.05) is 18.2 Å². The Hall–Kier alpha value is -1.94. The molecular formula is C15H15N3S. The maximum Gasteiger partial charge on any atom is 0.178 e. The Bertz CT molecular complexity index is 756. The lowest BCUT2D eigenvalue weighted by atomic mass is 10.2. The van der Waals surface area contributed by atoms with Crippen LogP contribution in [0.15, 0.2) is 42.7 Å². The number of aryl methyl sites for hydroxylation is 3. The summed E-state index contributed by atoms with van der Waals surface area (Å²) in [5, 5.41) is 0. The third kappa shape index (κ3) is 2.31. The van der Waals surface area contributed by atoms with Crippen molar-refractivity contribution >= 4 is 23.3 Å². The van der Waals surface area contributed by atoms with Gasteiger partial charge in [0.15, 0.2) is 4.77 Å². The second-order valence-electron chi connectivity index (χ2n) is 4.66. The van der Waals surface area contributed by atoms with Crippen LogP contribution < -0.4 is 0 Å². The van der Waals surface area contributed by atoms with Gasteiger partial charge in [-0.25, -0.2) is 0 Å². The molecule has 0 radical (unpaired) electrons. The highest BCUT2D eigenvalue weighted by molar-refractivity contribution is 7.71. The molecule has 0 saturated carbocycles. The highest BCUT2D eigenvalue weighted by Gasteiger charge is 2.06. The average molecular weight is 269 g/mol. The largest absolute Gasteiger partial charge is 0.331 e. The van der Waals surface area contributed by atoms with E-state index in [0.717, 1.165) is 23.3 Å². The van der Waals surface area contributed by atoms with Crippen molar-refractivity contribution in [2.24, 2.45) is 0 Å². The second kappa shape index (κ2) is 4.97. The molecule has 4 heteroatoms. The third-order valence-corrected chi connectivity index (χ3v) is 3.66. The summed E-state index contributed by atoms with van der Waals surface area (Å²) in [5.74, 6) is 0. The number of imidazole rings is 1. The van der Waals surface area contributed by atoms with E-state index in [-0.39, 0.29) is 0 Å². The van der Waals surface area contributed by atoms with Gasteiger partial charge in [-0.3, -0.25) is 4.98 Å². The molecule has 0 atom stereocenters. The quantitative estimate of drug-likeness (QED) is 0.736. The number of aromatic nitrogens is 3. The van der Waals surface area contributed by atoms with Crippen LogP contribution in [0.5, 0.6) is 0 Å². The van der Waals surface area contributed by atoms with Crippen LogP contribution in [0.3, 0.4) is 0 Å². The monoisotopic (exact) mass is 269 g/mol. The molecule has 3 nitrogen and oxygen atoms in total. The molecule has 3 rings (SSSR count). The summed E-state index contributed by atoms with van der Waals surface area (Å²) in [6.07, 6.45) is 4.64. The number of H-pyrrole nitrogens is 1. The lowest BCUT2D eigenvalue weighted by Gasteiger charge is -2.06. The number of benzene rings is 1. The molecule has 1 aromatic carbocycles. The predicted octanol–water partition coefficient (Wildman–Crippen LogP) is 3.65. The van der Waals surface area contributed by atoms with Crippen LogP contribution in [0.4, 0.5) is 0 Å². The summed E-state index contributed by atoms with van der Waals surface area (Å²) in [6.45, 7) is 2.99. The molecule has 19 heavy (non-hydrogen) atoms. The molecule has 0 aliphatic rings. The second-order valence-corrected chi connectivity index (χ2v) is 5.05. The van der Waals surface area contributed by atoms with E-state index in [1.165, 1.54) is 16.6 Å². The Kier molecular flexibility index (Phi) is 3.17. The van der Waals surface area contributed by atoms with Crippen LogP contribution >= 0.6 is 12.2 Å². The Morgan fingerprint density at radius 2 is 2.16 bits per heavy atom. The SMILES string of the molecule is Cc1cccc2[nH]c(=S)n(CCc3cccnc3)c12. The lowest BCUT2D eigenvalue weighted by Crippen LogP contribution is -2.02. The highest BCUT2D eigenvalue weighted by Crippen LogP contribution is 2.18. The van der Waals surface area contributed by atoms with E-state index < -0.39 is 0 Å². The third-order valence-electron chi connectivity index (χ3n) is 3.34. The number of rotatable bonds is 3. The first kappa shape index (κ1) is 12.1. The van der Waals surface area contributed by atoms with Crippen LogP contribution in [-0.4, -0.2) is 14.5 Å². The molecular weight excluding hydrogens is 254 g/mol. The summed E-state index contributed by atoms with van der Waals surface area (Å²) in [7, 11) is 0. The zero-order valence-electron chi connectivity index (χ0n) is 10.8. The fourth-order valence-electron chi connectivity index (χ4n) is 2.40. The number of hydrogen-bond acceptors (Lipinski definition) is 2. The van der Waals surface area contributed by atoms with Crippen LogP contribution in [0.25, 0.3) is 11.0 Å². The van der Waals surface area contributed by atoms with Gasteiger partial charge in [-0.05, 0) is 48.8 Å². The number of para-hydroxylation sites is 1. The van der Waals surface area contributed by atoms with Gasteiger partial charge in [0, 0.05) is 18.9 Å². The number of fused-ring (bicyclic) bond motifs is 1. The topological polar surface area (TPSA) is 33.6 Å². The van der Waals surface area contributed by atoms with E-state index in [1.54, 1.807) is 6.20 Å². The Morgan fingerprint density at radius 3 is 2.95 bits per heavy atom. The molecule has 2 heterocycles.